The van der Waals surface area contributed by atoms with Crippen LogP contribution in [0.1, 0.15) is 64.5 Å². The van der Waals surface area contributed by atoms with Crippen molar-refractivity contribution in [2.24, 2.45) is 4.99 Å². The molecule has 1 aromatic carbocycles. The Hall–Kier alpha value is -1.55. The monoisotopic (exact) mass is 319 g/mol. The van der Waals surface area contributed by atoms with E-state index in [9.17, 15) is 10.2 Å². The molecule has 0 radical (unpaired) electrons. The van der Waals surface area contributed by atoms with Gasteiger partial charge < -0.3 is 14.9 Å². The summed E-state index contributed by atoms with van der Waals surface area (Å²) >= 11 is 0. The Morgan fingerprint density at radius 2 is 2.04 bits per heavy atom. The van der Waals surface area contributed by atoms with Crippen molar-refractivity contribution in [3.63, 3.8) is 0 Å². The standard InChI is InChI=1S/C19H29NO3/c1-5-6-7-8-14-9-16(22)18-15(20-12-13(2)21)11-19(3,4)23-17(18)10-14/h9-10,13,21-22H,5-8,11-12H2,1-4H3. The average Bonchev–Trinajstić information content (AvgIpc) is 2.43. The number of hydrogen-bond donors (Lipinski definition) is 2. The first-order valence-electron chi connectivity index (χ1n) is 8.59. The van der Waals surface area contributed by atoms with E-state index in [0.717, 1.165) is 24.1 Å². The topological polar surface area (TPSA) is 62.0 Å². The van der Waals surface area contributed by atoms with Crippen LogP contribution >= 0.6 is 0 Å². The highest BCUT2D eigenvalue weighted by Gasteiger charge is 2.33. The SMILES string of the molecule is CCCCCc1cc(O)c2c(c1)OC(C)(C)CC2=NCC(C)O. The molecule has 1 aliphatic heterocycles. The van der Waals surface area contributed by atoms with Gasteiger partial charge in [-0.2, -0.15) is 0 Å². The zero-order valence-electron chi connectivity index (χ0n) is 14.7. The Morgan fingerprint density at radius 1 is 1.30 bits per heavy atom. The van der Waals surface area contributed by atoms with Gasteiger partial charge in [0, 0.05) is 6.42 Å². The van der Waals surface area contributed by atoms with Gasteiger partial charge in [-0.05, 0) is 51.3 Å². The van der Waals surface area contributed by atoms with Crippen molar-refractivity contribution in [2.45, 2.75) is 71.5 Å². The predicted octanol–water partition coefficient (Wildman–Crippen LogP) is 3.86. The molecule has 2 N–H and O–H groups in total. The second kappa shape index (κ2) is 7.35. The first kappa shape index (κ1) is 17.8. The summed E-state index contributed by atoms with van der Waals surface area (Å²) < 4.78 is 6.08. The van der Waals surface area contributed by atoms with Gasteiger partial charge in [-0.3, -0.25) is 4.99 Å². The van der Waals surface area contributed by atoms with Crippen molar-refractivity contribution in [1.82, 2.24) is 0 Å². The quantitative estimate of drug-likeness (QED) is 0.783. The highest BCUT2D eigenvalue weighted by Crippen LogP contribution is 2.39. The fourth-order valence-corrected chi connectivity index (χ4v) is 2.95. The first-order chi connectivity index (χ1) is 10.8. The number of fused-ring (bicyclic) bond motifs is 1. The summed E-state index contributed by atoms with van der Waals surface area (Å²) in [5.41, 5.74) is 2.24. The summed E-state index contributed by atoms with van der Waals surface area (Å²) in [5.74, 6) is 0.936. The number of aliphatic hydroxyl groups is 1. The van der Waals surface area contributed by atoms with E-state index in [4.69, 9.17) is 4.74 Å². The summed E-state index contributed by atoms with van der Waals surface area (Å²) in [6.45, 7) is 8.28. The summed E-state index contributed by atoms with van der Waals surface area (Å²) in [6.07, 6.45) is 4.55. The first-order valence-corrected chi connectivity index (χ1v) is 8.59. The van der Waals surface area contributed by atoms with Gasteiger partial charge in [-0.25, -0.2) is 0 Å². The highest BCUT2D eigenvalue weighted by atomic mass is 16.5. The van der Waals surface area contributed by atoms with Crippen molar-refractivity contribution in [2.75, 3.05) is 6.54 Å². The molecule has 1 heterocycles. The second-order valence-corrected chi connectivity index (χ2v) is 7.12. The maximum absolute atomic E-state index is 10.5. The van der Waals surface area contributed by atoms with E-state index in [1.165, 1.54) is 12.8 Å². The third-order valence-electron chi connectivity index (χ3n) is 4.02. The zero-order valence-corrected chi connectivity index (χ0v) is 14.7. The molecule has 0 amide bonds. The second-order valence-electron chi connectivity index (χ2n) is 7.12. The number of phenolic OH excluding ortho intramolecular Hbond substituents is 1. The fraction of sp³-hybridized carbons (Fsp3) is 0.632. The van der Waals surface area contributed by atoms with Crippen molar-refractivity contribution in [1.29, 1.82) is 0 Å². The lowest BCUT2D eigenvalue weighted by molar-refractivity contribution is 0.110. The van der Waals surface area contributed by atoms with Gasteiger partial charge in [-0.15, -0.1) is 0 Å². The highest BCUT2D eigenvalue weighted by molar-refractivity contribution is 6.06. The van der Waals surface area contributed by atoms with E-state index >= 15 is 0 Å². The lowest BCUT2D eigenvalue weighted by atomic mass is 9.90. The van der Waals surface area contributed by atoms with Crippen molar-refractivity contribution >= 4 is 5.71 Å². The normalized spacial score (nSPS) is 19.3. The smallest absolute Gasteiger partial charge is 0.133 e. The van der Waals surface area contributed by atoms with Crippen molar-refractivity contribution in [3.05, 3.63) is 23.3 Å². The van der Waals surface area contributed by atoms with Crippen LogP contribution in [0.5, 0.6) is 11.5 Å². The van der Waals surface area contributed by atoms with E-state index in [2.05, 4.69) is 11.9 Å². The van der Waals surface area contributed by atoms with Crippen LogP contribution in [0.15, 0.2) is 17.1 Å². The molecule has 0 saturated carbocycles. The van der Waals surface area contributed by atoms with E-state index < -0.39 is 6.10 Å². The molecule has 0 fully saturated rings. The van der Waals surface area contributed by atoms with Crippen LogP contribution in [0.2, 0.25) is 0 Å². The largest absolute Gasteiger partial charge is 0.507 e. The molecule has 4 heteroatoms. The number of nitrogens with zero attached hydrogens (tertiary/aromatic N) is 1. The van der Waals surface area contributed by atoms with E-state index in [1.54, 1.807) is 6.92 Å². The van der Waals surface area contributed by atoms with E-state index in [0.29, 0.717) is 24.3 Å². The molecule has 0 spiro atoms. The van der Waals surface area contributed by atoms with Crippen LogP contribution < -0.4 is 4.74 Å². The predicted molar refractivity (Wildman–Crippen MR) is 93.7 cm³/mol. The lowest BCUT2D eigenvalue weighted by Gasteiger charge is -2.34. The minimum absolute atomic E-state index is 0.230. The average molecular weight is 319 g/mol. The number of hydrogen-bond acceptors (Lipinski definition) is 4. The van der Waals surface area contributed by atoms with Gasteiger partial charge in [0.05, 0.1) is 23.9 Å². The number of aliphatic hydroxyl groups excluding tert-OH is 1. The Bertz CT molecular complexity index is 576. The van der Waals surface area contributed by atoms with Crippen molar-refractivity contribution in [3.8, 4) is 11.5 Å². The van der Waals surface area contributed by atoms with E-state index in [-0.39, 0.29) is 11.4 Å². The zero-order chi connectivity index (χ0) is 17.0. The Morgan fingerprint density at radius 3 is 2.70 bits per heavy atom. The number of rotatable bonds is 6. The number of phenols is 1. The third-order valence-corrected chi connectivity index (χ3v) is 4.02. The molecular weight excluding hydrogens is 290 g/mol. The minimum atomic E-state index is -0.493. The Balaban J connectivity index is 2.35. The molecule has 1 aliphatic rings. The van der Waals surface area contributed by atoms with Crippen LogP contribution in [-0.2, 0) is 6.42 Å². The molecule has 4 nitrogen and oxygen atoms in total. The van der Waals surface area contributed by atoms with Crippen molar-refractivity contribution < 1.29 is 14.9 Å². The van der Waals surface area contributed by atoms with Gasteiger partial charge in [0.1, 0.15) is 17.1 Å². The number of aryl methyl sites for hydroxylation is 1. The van der Waals surface area contributed by atoms with Gasteiger partial charge in [0.25, 0.3) is 0 Å². The third kappa shape index (κ3) is 4.71. The maximum Gasteiger partial charge on any atom is 0.133 e. The molecule has 0 aliphatic carbocycles. The van der Waals surface area contributed by atoms with Crippen LogP contribution in [0.3, 0.4) is 0 Å². The molecule has 0 aromatic heterocycles. The lowest BCUT2D eigenvalue weighted by Crippen LogP contribution is -2.36. The van der Waals surface area contributed by atoms with E-state index in [1.807, 2.05) is 26.0 Å². The number of ether oxygens (including phenoxy) is 1. The number of benzene rings is 1. The summed E-state index contributed by atoms with van der Waals surface area (Å²) in [6, 6.07) is 3.86. The van der Waals surface area contributed by atoms with Gasteiger partial charge in [-0.1, -0.05) is 19.8 Å². The molecule has 1 aromatic rings. The maximum atomic E-state index is 10.5. The number of unbranched alkanes of at least 4 members (excludes halogenated alkanes) is 2. The summed E-state index contributed by atoms with van der Waals surface area (Å²) in [5, 5.41) is 20.0. The Kier molecular flexibility index (Phi) is 5.69. The Labute approximate surface area is 139 Å². The van der Waals surface area contributed by atoms with Crippen LogP contribution in [-0.4, -0.2) is 34.2 Å². The number of aromatic hydroxyl groups is 1. The molecule has 1 atom stereocenters. The van der Waals surface area contributed by atoms with Gasteiger partial charge >= 0.3 is 0 Å². The van der Waals surface area contributed by atoms with Gasteiger partial charge in [0.2, 0.25) is 0 Å². The number of aliphatic imine (C=N–C) groups is 1. The molecular formula is C19H29NO3. The fourth-order valence-electron chi connectivity index (χ4n) is 2.95. The summed E-state index contributed by atoms with van der Waals surface area (Å²) in [4.78, 5) is 4.51. The van der Waals surface area contributed by atoms with Gasteiger partial charge in [0.15, 0.2) is 0 Å². The molecule has 0 bridgehead atoms. The van der Waals surface area contributed by atoms with Crippen LogP contribution in [0.25, 0.3) is 0 Å². The van der Waals surface area contributed by atoms with Crippen LogP contribution in [0, 0.1) is 0 Å². The molecule has 23 heavy (non-hydrogen) atoms. The summed E-state index contributed by atoms with van der Waals surface area (Å²) in [7, 11) is 0. The molecule has 0 saturated heterocycles. The molecule has 128 valence electrons. The molecule has 1 unspecified atom stereocenters. The minimum Gasteiger partial charge on any atom is -0.507 e. The molecule has 2 rings (SSSR count). The van der Waals surface area contributed by atoms with Crippen LogP contribution in [0.4, 0.5) is 0 Å².